The van der Waals surface area contributed by atoms with Gasteiger partial charge >= 0.3 is 0 Å². The minimum Gasteiger partial charge on any atom is -0.348 e. The Labute approximate surface area is 175 Å². The fraction of sp³-hybridized carbons (Fsp3) is 0.435. The van der Waals surface area contributed by atoms with E-state index in [0.717, 1.165) is 21.7 Å². The van der Waals surface area contributed by atoms with Crippen molar-refractivity contribution < 1.29 is 13.2 Å². The molecule has 0 aliphatic rings. The molecule has 0 saturated carbocycles. The number of sulfonamides is 1. The lowest BCUT2D eigenvalue weighted by molar-refractivity contribution is -0.122. The predicted molar refractivity (Wildman–Crippen MR) is 120 cm³/mol. The Morgan fingerprint density at radius 3 is 1.93 bits per heavy atom. The second-order valence-corrected chi connectivity index (χ2v) is 10.5. The number of anilines is 1. The van der Waals surface area contributed by atoms with Gasteiger partial charge in [0.2, 0.25) is 15.9 Å². The summed E-state index contributed by atoms with van der Waals surface area (Å²) in [6.45, 7) is 11.9. The summed E-state index contributed by atoms with van der Waals surface area (Å²) in [5.74, 6) is -0.344. The normalized spacial score (nSPS) is 14.2. The summed E-state index contributed by atoms with van der Waals surface area (Å²) in [6, 6.07) is 14.1. The molecule has 29 heavy (non-hydrogen) atoms. The first-order chi connectivity index (χ1) is 13.3. The van der Waals surface area contributed by atoms with Crippen molar-refractivity contribution in [1.82, 2.24) is 5.32 Å². The third-order valence-corrected chi connectivity index (χ3v) is 6.25. The first-order valence-electron chi connectivity index (χ1n) is 9.77. The van der Waals surface area contributed by atoms with Gasteiger partial charge in [0, 0.05) is 0 Å². The molecule has 6 heteroatoms. The molecule has 0 bridgehead atoms. The number of aryl methyl sites for hydroxylation is 1. The fourth-order valence-electron chi connectivity index (χ4n) is 3.19. The van der Waals surface area contributed by atoms with E-state index in [4.69, 9.17) is 0 Å². The van der Waals surface area contributed by atoms with Gasteiger partial charge in [-0.2, -0.15) is 0 Å². The summed E-state index contributed by atoms with van der Waals surface area (Å²) < 4.78 is 26.0. The van der Waals surface area contributed by atoms with Crippen molar-refractivity contribution in [2.75, 3.05) is 10.6 Å². The van der Waals surface area contributed by atoms with Crippen LogP contribution in [0.25, 0.3) is 0 Å². The maximum atomic E-state index is 12.9. The summed E-state index contributed by atoms with van der Waals surface area (Å²) in [4.78, 5) is 12.9. The minimum atomic E-state index is -3.62. The van der Waals surface area contributed by atoms with Crippen molar-refractivity contribution in [1.29, 1.82) is 0 Å². The van der Waals surface area contributed by atoms with Crippen LogP contribution in [0.15, 0.2) is 48.5 Å². The monoisotopic (exact) mass is 416 g/mol. The molecule has 0 saturated heterocycles. The molecule has 0 heterocycles. The standard InChI is InChI=1S/C23H32N2O3S/c1-16-8-14-21(15-9-16)25(29(7,27)28)18(3)22(26)24-17(2)19-10-12-20(13-11-19)23(4,5)6/h8-15,17-18H,1-7H3,(H,24,26)/t17-,18-/m0/s1. The molecule has 1 amide bonds. The van der Waals surface area contributed by atoms with E-state index < -0.39 is 16.1 Å². The Morgan fingerprint density at radius 2 is 1.48 bits per heavy atom. The molecule has 0 radical (unpaired) electrons. The molecule has 0 unspecified atom stereocenters. The number of carbonyl (C=O) groups is 1. The third kappa shape index (κ3) is 5.82. The van der Waals surface area contributed by atoms with Gasteiger partial charge in [-0.3, -0.25) is 9.10 Å². The van der Waals surface area contributed by atoms with E-state index in [1.165, 1.54) is 5.56 Å². The van der Waals surface area contributed by atoms with E-state index in [9.17, 15) is 13.2 Å². The summed E-state index contributed by atoms with van der Waals surface area (Å²) in [5, 5.41) is 2.94. The Morgan fingerprint density at radius 1 is 0.966 bits per heavy atom. The van der Waals surface area contributed by atoms with Crippen molar-refractivity contribution >= 4 is 21.6 Å². The summed E-state index contributed by atoms with van der Waals surface area (Å²) in [6.07, 6.45) is 1.12. The van der Waals surface area contributed by atoms with E-state index in [0.29, 0.717) is 5.69 Å². The summed E-state index contributed by atoms with van der Waals surface area (Å²) in [7, 11) is -3.62. The van der Waals surface area contributed by atoms with Gasteiger partial charge < -0.3 is 5.32 Å². The van der Waals surface area contributed by atoms with Crippen LogP contribution >= 0.6 is 0 Å². The maximum Gasteiger partial charge on any atom is 0.244 e. The van der Waals surface area contributed by atoms with Crippen LogP contribution in [-0.4, -0.2) is 26.6 Å². The lowest BCUT2D eigenvalue weighted by atomic mass is 9.86. The third-order valence-electron chi connectivity index (χ3n) is 5.01. The second-order valence-electron chi connectivity index (χ2n) is 8.67. The molecule has 158 valence electrons. The quantitative estimate of drug-likeness (QED) is 0.762. The van der Waals surface area contributed by atoms with Crippen LogP contribution in [0.5, 0.6) is 0 Å². The molecule has 0 aliphatic heterocycles. The van der Waals surface area contributed by atoms with Crippen molar-refractivity contribution in [2.24, 2.45) is 0 Å². The van der Waals surface area contributed by atoms with Gasteiger partial charge in [0.25, 0.3) is 0 Å². The number of hydrogen-bond acceptors (Lipinski definition) is 3. The number of nitrogens with zero attached hydrogens (tertiary/aromatic N) is 1. The van der Waals surface area contributed by atoms with Crippen molar-refractivity contribution in [3.8, 4) is 0 Å². The number of benzene rings is 2. The average molecular weight is 417 g/mol. The fourth-order valence-corrected chi connectivity index (χ4v) is 4.36. The van der Waals surface area contributed by atoms with Crippen LogP contribution < -0.4 is 9.62 Å². The summed E-state index contributed by atoms with van der Waals surface area (Å²) in [5.41, 5.74) is 3.74. The van der Waals surface area contributed by atoms with Gasteiger partial charge in [0.15, 0.2) is 0 Å². The molecule has 1 N–H and O–H groups in total. The van der Waals surface area contributed by atoms with Crippen LogP contribution in [0.1, 0.15) is 57.4 Å². The van der Waals surface area contributed by atoms with Crippen molar-refractivity contribution in [3.63, 3.8) is 0 Å². The van der Waals surface area contributed by atoms with Gasteiger partial charge in [0.05, 0.1) is 18.0 Å². The Bertz CT molecular complexity index is 943. The van der Waals surface area contributed by atoms with Gasteiger partial charge in [-0.05, 0) is 49.4 Å². The highest BCUT2D eigenvalue weighted by molar-refractivity contribution is 7.92. The van der Waals surface area contributed by atoms with Crippen molar-refractivity contribution in [3.05, 3.63) is 65.2 Å². The maximum absolute atomic E-state index is 12.9. The minimum absolute atomic E-state index is 0.0591. The number of amides is 1. The molecule has 2 rings (SSSR count). The first kappa shape index (κ1) is 22.9. The molecule has 0 fully saturated rings. The highest BCUT2D eigenvalue weighted by Crippen LogP contribution is 2.25. The largest absolute Gasteiger partial charge is 0.348 e. The second kappa shape index (κ2) is 8.57. The molecule has 2 aromatic rings. The van der Waals surface area contributed by atoms with Crippen LogP contribution in [-0.2, 0) is 20.2 Å². The van der Waals surface area contributed by atoms with Crippen LogP contribution in [0.4, 0.5) is 5.69 Å². The van der Waals surface area contributed by atoms with E-state index in [-0.39, 0.29) is 17.4 Å². The molecule has 0 aromatic heterocycles. The number of carbonyl (C=O) groups excluding carboxylic acids is 1. The number of nitrogens with one attached hydrogen (secondary N) is 1. The van der Waals surface area contributed by atoms with Crippen LogP contribution in [0.2, 0.25) is 0 Å². The van der Waals surface area contributed by atoms with Gasteiger partial charge in [0.1, 0.15) is 6.04 Å². The zero-order chi connectivity index (χ0) is 22.0. The van der Waals surface area contributed by atoms with Gasteiger partial charge in [-0.25, -0.2) is 8.42 Å². The molecule has 0 spiro atoms. The Balaban J connectivity index is 2.19. The molecular weight excluding hydrogens is 384 g/mol. The topological polar surface area (TPSA) is 66.5 Å². The highest BCUT2D eigenvalue weighted by atomic mass is 32.2. The SMILES string of the molecule is Cc1ccc(N([C@@H](C)C(=O)N[C@@H](C)c2ccc(C(C)(C)C)cc2)S(C)(=O)=O)cc1. The Hall–Kier alpha value is -2.34. The number of rotatable bonds is 6. The zero-order valence-electron chi connectivity index (χ0n) is 18.4. The van der Waals surface area contributed by atoms with E-state index in [2.05, 4.69) is 38.2 Å². The lowest BCUT2D eigenvalue weighted by Gasteiger charge is -2.29. The predicted octanol–water partition coefficient (Wildman–Crippen LogP) is 4.32. The van der Waals surface area contributed by atoms with Gasteiger partial charge in [-0.1, -0.05) is 62.7 Å². The molecule has 0 aliphatic carbocycles. The summed E-state index contributed by atoms with van der Waals surface area (Å²) >= 11 is 0. The van der Waals surface area contributed by atoms with Crippen molar-refractivity contribution in [2.45, 2.75) is 59.0 Å². The van der Waals surface area contributed by atoms with E-state index >= 15 is 0 Å². The van der Waals surface area contributed by atoms with E-state index in [1.807, 2.05) is 38.1 Å². The molecular formula is C23H32N2O3S. The Kier molecular flexibility index (Phi) is 6.78. The highest BCUT2D eigenvalue weighted by Gasteiger charge is 2.29. The smallest absolute Gasteiger partial charge is 0.244 e. The van der Waals surface area contributed by atoms with Crippen LogP contribution in [0.3, 0.4) is 0 Å². The van der Waals surface area contributed by atoms with E-state index in [1.54, 1.807) is 19.1 Å². The number of hydrogen-bond donors (Lipinski definition) is 1. The molecule has 2 atom stereocenters. The average Bonchev–Trinajstić information content (AvgIpc) is 2.61. The molecule has 2 aromatic carbocycles. The lowest BCUT2D eigenvalue weighted by Crippen LogP contribution is -2.48. The van der Waals surface area contributed by atoms with Gasteiger partial charge in [-0.15, -0.1) is 0 Å². The van der Waals surface area contributed by atoms with Crippen LogP contribution in [0, 0.1) is 6.92 Å². The first-order valence-corrected chi connectivity index (χ1v) is 11.6. The molecule has 5 nitrogen and oxygen atoms in total. The zero-order valence-corrected chi connectivity index (χ0v) is 19.2.